The van der Waals surface area contributed by atoms with Crippen molar-refractivity contribution in [3.8, 4) is 0 Å². The topological polar surface area (TPSA) is 41.3 Å². The van der Waals surface area contributed by atoms with Gasteiger partial charge in [-0.2, -0.15) is 0 Å². The molecule has 2 fully saturated rings. The van der Waals surface area contributed by atoms with Gasteiger partial charge in [0.25, 0.3) is 0 Å². The maximum Gasteiger partial charge on any atom is 0.0232 e. The fourth-order valence-electron chi connectivity index (χ4n) is 3.19. The van der Waals surface area contributed by atoms with Gasteiger partial charge in [0.15, 0.2) is 0 Å². The third-order valence-corrected chi connectivity index (χ3v) is 4.44. The Morgan fingerprint density at radius 1 is 1.31 bits per heavy atom. The lowest BCUT2D eigenvalue weighted by Gasteiger charge is -2.37. The highest BCUT2D eigenvalue weighted by Crippen LogP contribution is 2.27. The van der Waals surface area contributed by atoms with Crippen LogP contribution in [0.1, 0.15) is 38.5 Å². The van der Waals surface area contributed by atoms with Crippen molar-refractivity contribution in [3.63, 3.8) is 0 Å². The minimum Gasteiger partial charge on any atom is -0.327 e. The van der Waals surface area contributed by atoms with E-state index in [9.17, 15) is 0 Å². The molecule has 3 nitrogen and oxygen atoms in total. The van der Waals surface area contributed by atoms with Crippen molar-refractivity contribution in [1.29, 1.82) is 0 Å². The molecule has 0 aromatic rings. The summed E-state index contributed by atoms with van der Waals surface area (Å²) < 4.78 is 0. The molecule has 1 aliphatic carbocycles. The summed E-state index contributed by atoms with van der Waals surface area (Å²) >= 11 is 0. The number of hydrogen-bond donors (Lipinski definition) is 2. The Balaban J connectivity index is 1.78. The number of nitrogens with zero attached hydrogens (tertiary/aromatic N) is 1. The van der Waals surface area contributed by atoms with Crippen LogP contribution in [0, 0.1) is 5.92 Å². The number of likely N-dealkylation sites (N-methyl/N-ethyl adjacent to an activating group) is 1. The highest BCUT2D eigenvalue weighted by atomic mass is 15.2. The Hall–Kier alpha value is -0.120. The molecule has 3 N–H and O–H groups in total. The molecule has 2 unspecified atom stereocenters. The number of rotatable bonds is 3. The zero-order chi connectivity index (χ0) is 11.4. The Labute approximate surface area is 99.8 Å². The highest BCUT2D eigenvalue weighted by molar-refractivity contribution is 4.85. The van der Waals surface area contributed by atoms with Crippen LogP contribution < -0.4 is 11.1 Å². The van der Waals surface area contributed by atoms with E-state index in [0.29, 0.717) is 12.1 Å². The molecule has 2 rings (SSSR count). The van der Waals surface area contributed by atoms with E-state index in [1.807, 2.05) is 0 Å². The van der Waals surface area contributed by atoms with Crippen LogP contribution in [0.15, 0.2) is 0 Å². The van der Waals surface area contributed by atoms with Gasteiger partial charge in [0.2, 0.25) is 0 Å². The largest absolute Gasteiger partial charge is 0.327 e. The van der Waals surface area contributed by atoms with E-state index >= 15 is 0 Å². The van der Waals surface area contributed by atoms with Gasteiger partial charge in [-0.25, -0.2) is 0 Å². The van der Waals surface area contributed by atoms with E-state index in [1.54, 1.807) is 0 Å². The quantitative estimate of drug-likeness (QED) is 0.758. The average Bonchev–Trinajstić information content (AvgIpc) is 2.33. The monoisotopic (exact) mass is 225 g/mol. The maximum atomic E-state index is 6.39. The second kappa shape index (κ2) is 5.99. The van der Waals surface area contributed by atoms with Crippen LogP contribution >= 0.6 is 0 Å². The predicted octanol–water partition coefficient (Wildman–Crippen LogP) is 1.19. The third-order valence-electron chi connectivity index (χ3n) is 4.44. The normalized spacial score (nSPS) is 31.5. The lowest BCUT2D eigenvalue weighted by Crippen LogP contribution is -2.52. The molecular weight excluding hydrogens is 198 g/mol. The van der Waals surface area contributed by atoms with E-state index in [1.165, 1.54) is 45.1 Å². The van der Waals surface area contributed by atoms with Gasteiger partial charge in [-0.05, 0) is 32.2 Å². The summed E-state index contributed by atoms with van der Waals surface area (Å²) in [6.45, 7) is 3.42. The molecule has 0 spiro atoms. The third kappa shape index (κ3) is 3.19. The Bertz CT molecular complexity index is 201. The molecule has 3 heteroatoms. The molecular formula is C13H27N3. The molecule has 1 saturated carbocycles. The van der Waals surface area contributed by atoms with Gasteiger partial charge in [0, 0.05) is 31.7 Å². The van der Waals surface area contributed by atoms with Crippen molar-refractivity contribution in [2.75, 3.05) is 26.7 Å². The van der Waals surface area contributed by atoms with Crippen molar-refractivity contribution in [1.82, 2.24) is 10.2 Å². The smallest absolute Gasteiger partial charge is 0.0232 e. The molecule has 16 heavy (non-hydrogen) atoms. The molecule has 0 aromatic carbocycles. The first kappa shape index (κ1) is 12.3. The van der Waals surface area contributed by atoms with E-state index < -0.39 is 0 Å². The predicted molar refractivity (Wildman–Crippen MR) is 68.5 cm³/mol. The molecule has 1 heterocycles. The van der Waals surface area contributed by atoms with E-state index in [4.69, 9.17) is 5.73 Å². The van der Waals surface area contributed by atoms with Crippen molar-refractivity contribution in [2.24, 2.45) is 11.7 Å². The first-order valence-electron chi connectivity index (χ1n) is 6.94. The highest BCUT2D eigenvalue weighted by Gasteiger charge is 2.26. The summed E-state index contributed by atoms with van der Waals surface area (Å²) in [6.07, 6.45) is 8.13. The van der Waals surface area contributed by atoms with Crippen molar-refractivity contribution < 1.29 is 0 Å². The van der Waals surface area contributed by atoms with Gasteiger partial charge >= 0.3 is 0 Å². The molecule has 0 aromatic heterocycles. The zero-order valence-corrected chi connectivity index (χ0v) is 10.6. The fourth-order valence-corrected chi connectivity index (χ4v) is 3.19. The molecule has 0 bridgehead atoms. The summed E-state index contributed by atoms with van der Waals surface area (Å²) in [4.78, 5) is 2.47. The Kier molecular flexibility index (Phi) is 4.62. The summed E-state index contributed by atoms with van der Waals surface area (Å²) in [5, 5.41) is 3.48. The van der Waals surface area contributed by atoms with E-state index in [2.05, 4.69) is 17.3 Å². The summed E-state index contributed by atoms with van der Waals surface area (Å²) in [7, 11) is 2.24. The standard InChI is InChI=1S/C13H27N3/c1-16-8-7-15-10-12(16)9-13(14)11-5-3-2-4-6-11/h11-13,15H,2-10,14H2,1H3. The molecule has 2 aliphatic rings. The second-order valence-corrected chi connectivity index (χ2v) is 5.64. The lowest BCUT2D eigenvalue weighted by atomic mass is 9.82. The van der Waals surface area contributed by atoms with Crippen LogP contribution in [-0.2, 0) is 0 Å². The van der Waals surface area contributed by atoms with Crippen molar-refractivity contribution in [2.45, 2.75) is 50.6 Å². The zero-order valence-electron chi connectivity index (χ0n) is 10.6. The molecule has 2 atom stereocenters. The number of piperazine rings is 1. The van der Waals surface area contributed by atoms with E-state index in [-0.39, 0.29) is 0 Å². The number of hydrogen-bond acceptors (Lipinski definition) is 3. The Morgan fingerprint density at radius 3 is 2.75 bits per heavy atom. The number of nitrogens with two attached hydrogens (primary N) is 1. The van der Waals surface area contributed by atoms with E-state index in [0.717, 1.165) is 19.0 Å². The minimum atomic E-state index is 0.424. The van der Waals surface area contributed by atoms with Gasteiger partial charge in [0.1, 0.15) is 0 Å². The lowest BCUT2D eigenvalue weighted by molar-refractivity contribution is 0.163. The van der Waals surface area contributed by atoms with Gasteiger partial charge in [0.05, 0.1) is 0 Å². The molecule has 1 saturated heterocycles. The molecule has 1 aliphatic heterocycles. The summed E-state index contributed by atoms with van der Waals surface area (Å²) in [5.41, 5.74) is 6.39. The van der Waals surface area contributed by atoms with Gasteiger partial charge in [-0.1, -0.05) is 19.3 Å². The van der Waals surface area contributed by atoms with Gasteiger partial charge in [-0.3, -0.25) is 0 Å². The minimum absolute atomic E-state index is 0.424. The second-order valence-electron chi connectivity index (χ2n) is 5.64. The van der Waals surface area contributed by atoms with Crippen LogP contribution in [0.25, 0.3) is 0 Å². The molecule has 0 radical (unpaired) electrons. The van der Waals surface area contributed by atoms with Crippen LogP contribution in [0.4, 0.5) is 0 Å². The summed E-state index contributed by atoms with van der Waals surface area (Å²) in [6, 6.07) is 1.08. The first-order chi connectivity index (χ1) is 7.77. The Morgan fingerprint density at radius 2 is 2.06 bits per heavy atom. The van der Waals surface area contributed by atoms with Crippen LogP contribution in [0.3, 0.4) is 0 Å². The van der Waals surface area contributed by atoms with Crippen molar-refractivity contribution in [3.05, 3.63) is 0 Å². The van der Waals surface area contributed by atoms with Gasteiger partial charge < -0.3 is 16.0 Å². The first-order valence-corrected chi connectivity index (χ1v) is 6.94. The summed E-state index contributed by atoms with van der Waals surface area (Å²) in [5.74, 6) is 0.795. The van der Waals surface area contributed by atoms with Crippen LogP contribution in [0.2, 0.25) is 0 Å². The van der Waals surface area contributed by atoms with Gasteiger partial charge in [-0.15, -0.1) is 0 Å². The number of nitrogens with one attached hydrogen (secondary N) is 1. The molecule has 0 amide bonds. The average molecular weight is 225 g/mol. The fraction of sp³-hybridized carbons (Fsp3) is 1.00. The van der Waals surface area contributed by atoms with Crippen molar-refractivity contribution >= 4 is 0 Å². The van der Waals surface area contributed by atoms with Crippen LogP contribution in [0.5, 0.6) is 0 Å². The maximum absolute atomic E-state index is 6.39. The molecule has 94 valence electrons. The van der Waals surface area contributed by atoms with Crippen LogP contribution in [-0.4, -0.2) is 43.7 Å². The SMILES string of the molecule is CN1CCNCC1CC(N)C1CCCCC1.